The summed E-state index contributed by atoms with van der Waals surface area (Å²) in [6.07, 6.45) is 0. The summed E-state index contributed by atoms with van der Waals surface area (Å²) < 4.78 is 0.756. The van der Waals surface area contributed by atoms with Crippen LogP contribution in [0.4, 0.5) is 5.69 Å². The van der Waals surface area contributed by atoms with Crippen LogP contribution < -0.4 is 5.32 Å². The zero-order chi connectivity index (χ0) is 13.8. The van der Waals surface area contributed by atoms with E-state index in [1.54, 1.807) is 30.6 Å². The molecule has 0 saturated heterocycles. The monoisotopic (exact) mass is 333 g/mol. The van der Waals surface area contributed by atoms with Gasteiger partial charge in [-0.2, -0.15) is 0 Å². The lowest BCUT2D eigenvalue weighted by molar-refractivity contribution is -0.115. The third-order valence-electron chi connectivity index (χ3n) is 2.12. The second-order valence-corrected chi connectivity index (χ2v) is 6.91. The van der Waals surface area contributed by atoms with E-state index in [0.717, 1.165) is 4.34 Å². The predicted molar refractivity (Wildman–Crippen MR) is 80.3 cm³/mol. The van der Waals surface area contributed by atoms with Crippen LogP contribution >= 0.6 is 46.3 Å². The average Bonchev–Trinajstić information content (AvgIpc) is 2.80. The van der Waals surface area contributed by atoms with Gasteiger partial charge in [-0.25, -0.2) is 0 Å². The first kappa shape index (κ1) is 14.6. The lowest BCUT2D eigenvalue weighted by atomic mass is 10.3. The van der Waals surface area contributed by atoms with E-state index < -0.39 is 0 Å². The van der Waals surface area contributed by atoms with Crippen molar-refractivity contribution in [1.29, 1.82) is 0 Å². The molecule has 4 nitrogen and oxygen atoms in total. The summed E-state index contributed by atoms with van der Waals surface area (Å²) in [5.74, 6) is -0.140. The number of hydrogen-bond acceptors (Lipinski definition) is 5. The van der Waals surface area contributed by atoms with E-state index >= 15 is 0 Å². The number of anilines is 1. The fourth-order valence-corrected chi connectivity index (χ4v) is 3.44. The third kappa shape index (κ3) is 4.35. The SMILES string of the molecule is C[C@@H](Sc1nncs1)C(=O)Nc1cc(Cl)cc(Cl)c1. The summed E-state index contributed by atoms with van der Waals surface area (Å²) in [6.45, 7) is 1.80. The topological polar surface area (TPSA) is 54.9 Å². The smallest absolute Gasteiger partial charge is 0.237 e. The van der Waals surface area contributed by atoms with Crippen molar-refractivity contribution in [3.05, 3.63) is 33.8 Å². The van der Waals surface area contributed by atoms with Crippen LogP contribution in [0.3, 0.4) is 0 Å². The Balaban J connectivity index is 2.00. The standard InChI is InChI=1S/C11H9Cl2N3OS2/c1-6(19-11-16-14-5-18-11)10(17)15-9-3-7(12)2-8(13)4-9/h2-6H,1H3,(H,15,17)/t6-/m1/s1. The second-order valence-electron chi connectivity index (χ2n) is 3.61. The van der Waals surface area contributed by atoms with Crippen LogP contribution in [0.1, 0.15) is 6.92 Å². The minimum absolute atomic E-state index is 0.140. The molecule has 1 aromatic carbocycles. The van der Waals surface area contributed by atoms with Gasteiger partial charge in [0.15, 0.2) is 4.34 Å². The molecule has 1 atom stereocenters. The Morgan fingerprint density at radius 1 is 1.37 bits per heavy atom. The molecule has 0 spiro atoms. The number of rotatable bonds is 4. The van der Waals surface area contributed by atoms with Crippen molar-refractivity contribution in [2.75, 3.05) is 5.32 Å². The van der Waals surface area contributed by atoms with E-state index in [2.05, 4.69) is 15.5 Å². The number of aromatic nitrogens is 2. The zero-order valence-corrected chi connectivity index (χ0v) is 12.9. The van der Waals surface area contributed by atoms with Gasteiger partial charge >= 0.3 is 0 Å². The van der Waals surface area contributed by atoms with Gasteiger partial charge in [0.05, 0.1) is 5.25 Å². The van der Waals surface area contributed by atoms with Gasteiger partial charge in [0.25, 0.3) is 0 Å². The third-order valence-corrected chi connectivity index (χ3v) is 4.46. The second kappa shape index (κ2) is 6.56. The number of halogens is 2. The molecule has 8 heteroatoms. The van der Waals surface area contributed by atoms with Crippen LogP contribution in [-0.2, 0) is 4.79 Å². The first-order chi connectivity index (χ1) is 9.04. The fraction of sp³-hybridized carbons (Fsp3) is 0.182. The van der Waals surface area contributed by atoms with E-state index in [-0.39, 0.29) is 11.2 Å². The molecule has 0 saturated carbocycles. The minimum atomic E-state index is -0.286. The van der Waals surface area contributed by atoms with E-state index in [1.807, 2.05) is 0 Å². The van der Waals surface area contributed by atoms with Crippen molar-refractivity contribution < 1.29 is 4.79 Å². The Bertz CT molecular complexity index is 557. The van der Waals surface area contributed by atoms with Gasteiger partial charge in [0.1, 0.15) is 5.51 Å². The molecule has 0 unspecified atom stereocenters. The predicted octanol–water partition coefficient (Wildman–Crippen LogP) is 3.96. The van der Waals surface area contributed by atoms with Crippen molar-refractivity contribution in [2.45, 2.75) is 16.5 Å². The quantitative estimate of drug-likeness (QED) is 0.860. The number of carbonyl (C=O) groups is 1. The average molecular weight is 334 g/mol. The maximum atomic E-state index is 12.0. The maximum absolute atomic E-state index is 12.0. The molecule has 0 radical (unpaired) electrons. The zero-order valence-electron chi connectivity index (χ0n) is 9.76. The van der Waals surface area contributed by atoms with Crippen LogP contribution in [0.2, 0.25) is 10.0 Å². The highest BCUT2D eigenvalue weighted by atomic mass is 35.5. The molecule has 0 aliphatic carbocycles. The molecule has 2 rings (SSSR count). The number of nitrogens with one attached hydrogen (secondary N) is 1. The number of thioether (sulfide) groups is 1. The van der Waals surface area contributed by atoms with Gasteiger partial charge in [-0.05, 0) is 25.1 Å². The summed E-state index contributed by atoms with van der Waals surface area (Å²) >= 11 is 14.5. The van der Waals surface area contributed by atoms with Crippen molar-refractivity contribution in [3.8, 4) is 0 Å². The highest BCUT2D eigenvalue weighted by Gasteiger charge is 2.16. The van der Waals surface area contributed by atoms with Gasteiger partial charge in [0, 0.05) is 15.7 Å². The molecule has 0 aliphatic rings. The summed E-state index contributed by atoms with van der Waals surface area (Å²) in [5, 5.41) is 11.0. The van der Waals surface area contributed by atoms with E-state index in [1.165, 1.54) is 23.1 Å². The molecule has 0 aliphatic heterocycles. The molecule has 2 aromatic rings. The highest BCUT2D eigenvalue weighted by Crippen LogP contribution is 2.26. The van der Waals surface area contributed by atoms with Crippen LogP contribution in [-0.4, -0.2) is 21.4 Å². The molecule has 1 heterocycles. The molecule has 19 heavy (non-hydrogen) atoms. The fourth-order valence-electron chi connectivity index (χ4n) is 1.29. The van der Waals surface area contributed by atoms with E-state index in [9.17, 15) is 4.79 Å². The molecule has 1 amide bonds. The lowest BCUT2D eigenvalue weighted by Gasteiger charge is -2.10. The number of benzene rings is 1. The molecular formula is C11H9Cl2N3OS2. The van der Waals surface area contributed by atoms with Crippen LogP contribution in [0, 0.1) is 0 Å². The molecule has 0 bridgehead atoms. The number of carbonyl (C=O) groups excluding carboxylic acids is 1. The molecular weight excluding hydrogens is 325 g/mol. The Kier molecular flexibility index (Phi) is 5.04. The largest absolute Gasteiger partial charge is 0.325 e. The Morgan fingerprint density at radius 2 is 2.05 bits per heavy atom. The van der Waals surface area contributed by atoms with Crippen molar-refractivity contribution >= 4 is 57.9 Å². The van der Waals surface area contributed by atoms with Crippen molar-refractivity contribution in [1.82, 2.24) is 10.2 Å². The van der Waals surface area contributed by atoms with Crippen LogP contribution in [0.5, 0.6) is 0 Å². The molecule has 1 aromatic heterocycles. The molecule has 0 fully saturated rings. The van der Waals surface area contributed by atoms with Gasteiger partial charge in [0.2, 0.25) is 5.91 Å². The van der Waals surface area contributed by atoms with E-state index in [4.69, 9.17) is 23.2 Å². The Morgan fingerprint density at radius 3 is 2.63 bits per heavy atom. The first-order valence-electron chi connectivity index (χ1n) is 5.24. The molecule has 100 valence electrons. The van der Waals surface area contributed by atoms with Gasteiger partial charge in [-0.3, -0.25) is 4.79 Å². The summed E-state index contributed by atoms with van der Waals surface area (Å²) in [5.41, 5.74) is 2.20. The maximum Gasteiger partial charge on any atom is 0.237 e. The van der Waals surface area contributed by atoms with Gasteiger partial charge < -0.3 is 5.32 Å². The summed E-state index contributed by atoms with van der Waals surface area (Å²) in [4.78, 5) is 12.0. The lowest BCUT2D eigenvalue weighted by Crippen LogP contribution is -2.22. The highest BCUT2D eigenvalue weighted by molar-refractivity contribution is 8.02. The number of hydrogen-bond donors (Lipinski definition) is 1. The number of nitrogens with zero attached hydrogens (tertiary/aromatic N) is 2. The van der Waals surface area contributed by atoms with Gasteiger partial charge in [-0.15, -0.1) is 10.2 Å². The van der Waals surface area contributed by atoms with Crippen LogP contribution in [0.15, 0.2) is 28.0 Å². The van der Waals surface area contributed by atoms with E-state index in [0.29, 0.717) is 15.7 Å². The Hall–Kier alpha value is -0.820. The summed E-state index contributed by atoms with van der Waals surface area (Å²) in [7, 11) is 0. The van der Waals surface area contributed by atoms with Gasteiger partial charge in [-0.1, -0.05) is 46.3 Å². The number of amides is 1. The Labute approximate surface area is 128 Å². The summed E-state index contributed by atoms with van der Waals surface area (Å²) in [6, 6.07) is 4.90. The molecule has 1 N–H and O–H groups in total. The minimum Gasteiger partial charge on any atom is -0.325 e. The van der Waals surface area contributed by atoms with Crippen LogP contribution in [0.25, 0.3) is 0 Å². The van der Waals surface area contributed by atoms with Crippen molar-refractivity contribution in [3.63, 3.8) is 0 Å². The normalized spacial score (nSPS) is 12.2. The first-order valence-corrected chi connectivity index (χ1v) is 7.76. The van der Waals surface area contributed by atoms with Crippen molar-refractivity contribution in [2.24, 2.45) is 0 Å².